The fraction of sp³-hybridized carbons (Fsp3) is 0.688. The number of hydrogen-bond donors (Lipinski definition) is 0. The largest absolute Gasteiger partial charge is 0.341 e. The molecule has 1 aliphatic heterocycles. The van der Waals surface area contributed by atoms with E-state index in [0.29, 0.717) is 13.1 Å². The van der Waals surface area contributed by atoms with Crippen LogP contribution in [0.25, 0.3) is 0 Å². The molecule has 114 valence electrons. The number of likely N-dealkylation sites (N-methyl/N-ethyl adjacent to an activating group) is 1. The van der Waals surface area contributed by atoms with E-state index in [1.54, 1.807) is 11.8 Å². The summed E-state index contributed by atoms with van der Waals surface area (Å²) in [7, 11) is 0. The molecule has 0 aromatic carbocycles. The summed E-state index contributed by atoms with van der Waals surface area (Å²) in [5, 5.41) is 0. The predicted octanol–water partition coefficient (Wildman–Crippen LogP) is 1.05. The molecule has 2 bridgehead atoms. The van der Waals surface area contributed by atoms with Gasteiger partial charge in [-0.1, -0.05) is 12.2 Å². The summed E-state index contributed by atoms with van der Waals surface area (Å²) in [6.07, 6.45) is 5.05. The number of hydrogen-bond acceptors (Lipinski definition) is 3. The van der Waals surface area contributed by atoms with Crippen LogP contribution in [0.4, 0.5) is 0 Å². The zero-order valence-corrected chi connectivity index (χ0v) is 12.8. The standard InChI is InChI=1S/C16H22N2O3/c1-4-17(5-2)14(19)9(3)18-15(20)12-10-6-7-11(8-10)13(12)16(18)21/h6-7,9-13H,4-5,8H2,1-3H3. The molecule has 1 heterocycles. The monoisotopic (exact) mass is 290 g/mol. The Morgan fingerprint density at radius 1 is 1.19 bits per heavy atom. The Hall–Kier alpha value is -1.65. The first-order valence-electron chi connectivity index (χ1n) is 7.85. The van der Waals surface area contributed by atoms with Crippen LogP contribution in [0, 0.1) is 23.7 Å². The minimum atomic E-state index is -0.685. The van der Waals surface area contributed by atoms with E-state index in [9.17, 15) is 14.4 Å². The average Bonchev–Trinajstić information content (AvgIpc) is 3.14. The number of allylic oxidation sites excluding steroid dienone is 2. The molecule has 2 fully saturated rings. The third kappa shape index (κ3) is 1.86. The Morgan fingerprint density at radius 3 is 2.10 bits per heavy atom. The Labute approximate surface area is 125 Å². The van der Waals surface area contributed by atoms with Crippen LogP contribution in [0.1, 0.15) is 27.2 Å². The highest BCUT2D eigenvalue weighted by Gasteiger charge is 2.60. The van der Waals surface area contributed by atoms with Gasteiger partial charge in [0.2, 0.25) is 17.7 Å². The van der Waals surface area contributed by atoms with E-state index in [-0.39, 0.29) is 41.4 Å². The SMILES string of the molecule is CCN(CC)C(=O)C(C)N1C(=O)C2C3C=CC(C3)C2C1=O. The molecule has 2 aliphatic carbocycles. The van der Waals surface area contributed by atoms with E-state index < -0.39 is 6.04 Å². The second kappa shape index (κ2) is 4.97. The molecular formula is C16H22N2O3. The lowest BCUT2D eigenvalue weighted by atomic mass is 9.85. The van der Waals surface area contributed by atoms with Crippen LogP contribution < -0.4 is 0 Å². The zero-order valence-electron chi connectivity index (χ0n) is 12.8. The van der Waals surface area contributed by atoms with Crippen molar-refractivity contribution in [3.8, 4) is 0 Å². The van der Waals surface area contributed by atoms with Gasteiger partial charge in [-0.3, -0.25) is 19.3 Å². The smallest absolute Gasteiger partial charge is 0.245 e. The maximum atomic E-state index is 12.6. The van der Waals surface area contributed by atoms with Gasteiger partial charge in [0.05, 0.1) is 11.8 Å². The number of likely N-dealkylation sites (tertiary alicyclic amines) is 1. The van der Waals surface area contributed by atoms with Crippen LogP contribution in [0.15, 0.2) is 12.2 Å². The topological polar surface area (TPSA) is 57.7 Å². The van der Waals surface area contributed by atoms with E-state index in [1.165, 1.54) is 4.90 Å². The summed E-state index contributed by atoms with van der Waals surface area (Å²) in [6, 6.07) is -0.685. The van der Waals surface area contributed by atoms with Crippen molar-refractivity contribution in [2.45, 2.75) is 33.2 Å². The highest BCUT2D eigenvalue weighted by molar-refractivity contribution is 6.09. The molecule has 5 nitrogen and oxygen atoms in total. The third-order valence-electron chi connectivity index (χ3n) is 5.32. The van der Waals surface area contributed by atoms with Crippen molar-refractivity contribution in [3.05, 3.63) is 12.2 Å². The quantitative estimate of drug-likeness (QED) is 0.574. The lowest BCUT2D eigenvalue weighted by Gasteiger charge is -2.28. The van der Waals surface area contributed by atoms with E-state index in [0.717, 1.165) is 6.42 Å². The van der Waals surface area contributed by atoms with Gasteiger partial charge in [-0.25, -0.2) is 0 Å². The summed E-state index contributed by atoms with van der Waals surface area (Å²) in [4.78, 5) is 40.6. The lowest BCUT2D eigenvalue weighted by molar-refractivity contribution is -0.151. The van der Waals surface area contributed by atoms with Crippen molar-refractivity contribution in [2.75, 3.05) is 13.1 Å². The van der Waals surface area contributed by atoms with Crippen LogP contribution in [0.5, 0.6) is 0 Å². The molecule has 1 saturated carbocycles. The van der Waals surface area contributed by atoms with Gasteiger partial charge in [0.15, 0.2) is 0 Å². The van der Waals surface area contributed by atoms with E-state index >= 15 is 0 Å². The minimum Gasteiger partial charge on any atom is -0.341 e. The van der Waals surface area contributed by atoms with Crippen molar-refractivity contribution >= 4 is 17.7 Å². The molecule has 21 heavy (non-hydrogen) atoms. The van der Waals surface area contributed by atoms with E-state index in [1.807, 2.05) is 13.8 Å². The Bertz CT molecular complexity index is 494. The van der Waals surface area contributed by atoms with Crippen molar-refractivity contribution in [2.24, 2.45) is 23.7 Å². The number of fused-ring (bicyclic) bond motifs is 5. The maximum Gasteiger partial charge on any atom is 0.245 e. The maximum absolute atomic E-state index is 12.6. The van der Waals surface area contributed by atoms with Gasteiger partial charge in [0, 0.05) is 13.1 Å². The fourth-order valence-electron chi connectivity index (χ4n) is 4.22. The Morgan fingerprint density at radius 2 is 1.67 bits per heavy atom. The molecule has 0 aromatic rings. The minimum absolute atomic E-state index is 0.137. The number of carbonyl (C=O) groups is 3. The molecule has 1 saturated heterocycles. The van der Waals surface area contributed by atoms with E-state index in [4.69, 9.17) is 0 Å². The number of amides is 3. The molecule has 0 spiro atoms. The predicted molar refractivity (Wildman–Crippen MR) is 77.0 cm³/mol. The van der Waals surface area contributed by atoms with Crippen molar-refractivity contribution in [1.29, 1.82) is 0 Å². The van der Waals surface area contributed by atoms with Gasteiger partial charge in [-0.2, -0.15) is 0 Å². The van der Waals surface area contributed by atoms with Crippen molar-refractivity contribution < 1.29 is 14.4 Å². The second-order valence-electron chi connectivity index (χ2n) is 6.23. The molecule has 5 atom stereocenters. The molecule has 0 aromatic heterocycles. The van der Waals surface area contributed by atoms with Crippen LogP contribution in [0.2, 0.25) is 0 Å². The molecular weight excluding hydrogens is 268 g/mol. The third-order valence-corrected chi connectivity index (χ3v) is 5.32. The molecule has 5 unspecified atom stereocenters. The van der Waals surface area contributed by atoms with Gasteiger partial charge < -0.3 is 4.90 Å². The Kier molecular flexibility index (Phi) is 3.38. The van der Waals surface area contributed by atoms with Crippen molar-refractivity contribution in [3.63, 3.8) is 0 Å². The average molecular weight is 290 g/mol. The van der Waals surface area contributed by atoms with Crippen LogP contribution >= 0.6 is 0 Å². The number of rotatable bonds is 4. The highest BCUT2D eigenvalue weighted by Crippen LogP contribution is 2.52. The summed E-state index contributed by atoms with van der Waals surface area (Å²) in [5.41, 5.74) is 0. The van der Waals surface area contributed by atoms with Crippen molar-refractivity contribution in [1.82, 2.24) is 9.80 Å². The molecule has 3 rings (SSSR count). The molecule has 3 amide bonds. The van der Waals surface area contributed by atoms with Gasteiger partial charge in [0.1, 0.15) is 6.04 Å². The van der Waals surface area contributed by atoms with Gasteiger partial charge in [-0.15, -0.1) is 0 Å². The first kappa shape index (κ1) is 14.3. The number of nitrogens with zero attached hydrogens (tertiary/aromatic N) is 2. The van der Waals surface area contributed by atoms with Gasteiger partial charge in [-0.05, 0) is 39.0 Å². The normalized spacial score (nSPS) is 34.5. The van der Waals surface area contributed by atoms with Crippen LogP contribution in [0.3, 0.4) is 0 Å². The molecule has 5 heteroatoms. The first-order chi connectivity index (χ1) is 10.0. The summed E-state index contributed by atoms with van der Waals surface area (Å²) >= 11 is 0. The fourth-order valence-corrected chi connectivity index (χ4v) is 4.22. The number of carbonyl (C=O) groups excluding carboxylic acids is 3. The summed E-state index contributed by atoms with van der Waals surface area (Å²) in [5.74, 6) is -0.486. The van der Waals surface area contributed by atoms with Crippen LogP contribution in [-0.2, 0) is 14.4 Å². The highest BCUT2D eigenvalue weighted by atomic mass is 16.2. The van der Waals surface area contributed by atoms with Gasteiger partial charge in [0.25, 0.3) is 0 Å². The Balaban J connectivity index is 1.83. The second-order valence-corrected chi connectivity index (χ2v) is 6.23. The molecule has 0 N–H and O–H groups in total. The number of imide groups is 1. The zero-order chi connectivity index (χ0) is 15.3. The van der Waals surface area contributed by atoms with Gasteiger partial charge >= 0.3 is 0 Å². The van der Waals surface area contributed by atoms with E-state index in [2.05, 4.69) is 12.2 Å². The summed E-state index contributed by atoms with van der Waals surface area (Å²) in [6.45, 7) is 6.67. The molecule has 3 aliphatic rings. The lowest BCUT2D eigenvalue weighted by Crippen LogP contribution is -2.50. The molecule has 0 radical (unpaired) electrons. The van der Waals surface area contributed by atoms with Crippen LogP contribution in [-0.4, -0.2) is 46.7 Å². The summed E-state index contributed by atoms with van der Waals surface area (Å²) < 4.78 is 0. The first-order valence-corrected chi connectivity index (χ1v) is 7.85.